The number of hydrogen-bond donors (Lipinski definition) is 1. The first-order valence-corrected chi connectivity index (χ1v) is 7.58. The van der Waals surface area contributed by atoms with Gasteiger partial charge in [-0.25, -0.2) is 0 Å². The number of hydrogen-bond acceptors (Lipinski definition) is 2. The Morgan fingerprint density at radius 3 is 2.90 bits per heavy atom. The Kier molecular flexibility index (Phi) is 2.62. The largest absolute Gasteiger partial charge is 0.493 e. The topological polar surface area (TPSA) is 42.1 Å². The van der Waals surface area contributed by atoms with E-state index in [2.05, 4.69) is 4.98 Å². The fourth-order valence-electron chi connectivity index (χ4n) is 4.01. The number of carbonyl (C=O) groups excluding carboxylic acids is 1. The van der Waals surface area contributed by atoms with Crippen molar-refractivity contribution in [3.63, 3.8) is 0 Å². The molecule has 1 aromatic carbocycles. The van der Waals surface area contributed by atoms with Crippen LogP contribution in [0.3, 0.4) is 0 Å². The SMILES string of the molecule is CCOc1cccc2[nH]cc(C(=O)C3C4CCCC43)c12. The number of benzene rings is 1. The van der Waals surface area contributed by atoms with Gasteiger partial charge in [0.15, 0.2) is 5.78 Å². The van der Waals surface area contributed by atoms with Crippen molar-refractivity contribution in [1.29, 1.82) is 0 Å². The summed E-state index contributed by atoms with van der Waals surface area (Å²) in [6.45, 7) is 2.59. The zero-order valence-electron chi connectivity index (χ0n) is 11.7. The van der Waals surface area contributed by atoms with Gasteiger partial charge in [0.1, 0.15) is 5.75 Å². The lowest BCUT2D eigenvalue weighted by Crippen LogP contribution is -2.06. The van der Waals surface area contributed by atoms with E-state index in [1.165, 1.54) is 19.3 Å². The second-order valence-electron chi connectivity index (χ2n) is 5.96. The minimum Gasteiger partial charge on any atom is -0.493 e. The maximum absolute atomic E-state index is 12.8. The van der Waals surface area contributed by atoms with Crippen LogP contribution < -0.4 is 4.74 Å². The Labute approximate surface area is 118 Å². The van der Waals surface area contributed by atoms with E-state index in [1.54, 1.807) is 0 Å². The van der Waals surface area contributed by atoms with E-state index in [4.69, 9.17) is 4.74 Å². The number of H-pyrrole nitrogens is 1. The number of Topliss-reactive ketones (excluding diaryl/α,β-unsaturated/α-hetero) is 1. The summed E-state index contributed by atoms with van der Waals surface area (Å²) >= 11 is 0. The standard InChI is InChI=1S/C17H19NO2/c1-2-20-14-8-4-7-13-16(14)12(9-18-13)17(19)15-10-5-3-6-11(10)15/h4,7-11,15,18H,2-3,5-6H2,1H3. The number of ether oxygens (including phenoxy) is 1. The van der Waals surface area contributed by atoms with Gasteiger partial charge in [0.25, 0.3) is 0 Å². The summed E-state index contributed by atoms with van der Waals surface area (Å²) in [5, 5.41) is 0.962. The summed E-state index contributed by atoms with van der Waals surface area (Å²) in [7, 11) is 0. The van der Waals surface area contributed by atoms with Crippen LogP contribution in [0.2, 0.25) is 0 Å². The highest BCUT2D eigenvalue weighted by molar-refractivity contribution is 6.12. The van der Waals surface area contributed by atoms with Gasteiger partial charge in [0, 0.05) is 23.2 Å². The number of aromatic amines is 1. The third-order valence-electron chi connectivity index (χ3n) is 4.94. The summed E-state index contributed by atoms with van der Waals surface area (Å²) in [4.78, 5) is 16.0. The Morgan fingerprint density at radius 2 is 2.15 bits per heavy atom. The van der Waals surface area contributed by atoms with E-state index < -0.39 is 0 Å². The van der Waals surface area contributed by atoms with Crippen molar-refractivity contribution in [3.8, 4) is 5.75 Å². The predicted molar refractivity (Wildman–Crippen MR) is 78.1 cm³/mol. The number of ketones is 1. The van der Waals surface area contributed by atoms with Crippen molar-refractivity contribution in [2.24, 2.45) is 17.8 Å². The lowest BCUT2D eigenvalue weighted by atomic mass is 10.0. The van der Waals surface area contributed by atoms with E-state index in [0.717, 1.165) is 22.2 Å². The van der Waals surface area contributed by atoms with Gasteiger partial charge in [0.2, 0.25) is 0 Å². The van der Waals surface area contributed by atoms with Gasteiger partial charge in [-0.1, -0.05) is 12.5 Å². The van der Waals surface area contributed by atoms with Crippen LogP contribution in [0.1, 0.15) is 36.5 Å². The minimum absolute atomic E-state index is 0.275. The van der Waals surface area contributed by atoms with Crippen molar-refractivity contribution in [1.82, 2.24) is 4.98 Å². The quantitative estimate of drug-likeness (QED) is 0.858. The second-order valence-corrected chi connectivity index (χ2v) is 5.96. The van der Waals surface area contributed by atoms with Crippen LogP contribution in [-0.2, 0) is 0 Å². The molecule has 2 aromatic rings. The summed E-state index contributed by atoms with van der Waals surface area (Å²) in [5.74, 6) is 2.73. The first-order valence-electron chi connectivity index (χ1n) is 7.58. The maximum Gasteiger partial charge on any atom is 0.168 e. The molecule has 104 valence electrons. The molecule has 20 heavy (non-hydrogen) atoms. The average Bonchev–Trinajstić information content (AvgIpc) is 2.83. The molecule has 2 aliphatic carbocycles. The Bertz CT molecular complexity index is 663. The van der Waals surface area contributed by atoms with Gasteiger partial charge in [-0.3, -0.25) is 4.79 Å². The zero-order chi connectivity index (χ0) is 13.7. The molecule has 4 rings (SSSR count). The van der Waals surface area contributed by atoms with Gasteiger partial charge in [0.05, 0.1) is 12.0 Å². The van der Waals surface area contributed by atoms with Crippen LogP contribution in [0.25, 0.3) is 10.9 Å². The van der Waals surface area contributed by atoms with E-state index >= 15 is 0 Å². The van der Waals surface area contributed by atoms with Gasteiger partial charge in [-0.2, -0.15) is 0 Å². The highest BCUT2D eigenvalue weighted by Crippen LogP contribution is 2.58. The third-order valence-corrected chi connectivity index (χ3v) is 4.94. The molecule has 3 nitrogen and oxygen atoms in total. The third kappa shape index (κ3) is 1.62. The summed E-state index contributed by atoms with van der Waals surface area (Å²) < 4.78 is 5.69. The van der Waals surface area contributed by atoms with Gasteiger partial charge in [-0.05, 0) is 43.7 Å². The normalized spacial score (nSPS) is 27.6. The zero-order valence-corrected chi connectivity index (χ0v) is 11.7. The predicted octanol–water partition coefficient (Wildman–Crippen LogP) is 3.80. The molecule has 1 aromatic heterocycles. The van der Waals surface area contributed by atoms with Crippen LogP contribution in [0.4, 0.5) is 0 Å². The Balaban J connectivity index is 1.74. The molecule has 1 N–H and O–H groups in total. The molecular formula is C17H19NO2. The van der Waals surface area contributed by atoms with Crippen LogP contribution >= 0.6 is 0 Å². The van der Waals surface area contributed by atoms with E-state index in [9.17, 15) is 4.79 Å². The summed E-state index contributed by atoms with van der Waals surface area (Å²) in [6.07, 6.45) is 5.64. The van der Waals surface area contributed by atoms with Crippen molar-refractivity contribution in [3.05, 3.63) is 30.0 Å². The lowest BCUT2D eigenvalue weighted by molar-refractivity contribution is 0.0953. The fraction of sp³-hybridized carbons (Fsp3) is 0.471. The van der Waals surface area contributed by atoms with Crippen molar-refractivity contribution in [2.45, 2.75) is 26.2 Å². The number of aromatic nitrogens is 1. The minimum atomic E-state index is 0.275. The van der Waals surface area contributed by atoms with Gasteiger partial charge < -0.3 is 9.72 Å². The average molecular weight is 269 g/mol. The van der Waals surface area contributed by atoms with Gasteiger partial charge >= 0.3 is 0 Å². The Hall–Kier alpha value is -1.77. The number of rotatable bonds is 4. The highest BCUT2D eigenvalue weighted by atomic mass is 16.5. The molecule has 2 aliphatic rings. The molecule has 2 fully saturated rings. The molecule has 1 heterocycles. The monoisotopic (exact) mass is 269 g/mol. The summed E-state index contributed by atoms with van der Waals surface area (Å²) in [6, 6.07) is 5.91. The molecule has 0 aliphatic heterocycles. The van der Waals surface area contributed by atoms with Crippen LogP contribution in [-0.4, -0.2) is 17.4 Å². The van der Waals surface area contributed by atoms with Crippen LogP contribution in [0.15, 0.2) is 24.4 Å². The molecule has 0 saturated heterocycles. The first kappa shape index (κ1) is 12.0. The number of nitrogens with one attached hydrogen (secondary N) is 1. The second kappa shape index (κ2) is 4.37. The molecule has 0 radical (unpaired) electrons. The molecule has 2 unspecified atom stereocenters. The van der Waals surface area contributed by atoms with E-state index in [1.807, 2.05) is 31.3 Å². The first-order chi connectivity index (χ1) is 9.81. The van der Waals surface area contributed by atoms with Crippen molar-refractivity contribution < 1.29 is 9.53 Å². The molecule has 0 amide bonds. The molecular weight excluding hydrogens is 250 g/mol. The lowest BCUT2D eigenvalue weighted by Gasteiger charge is -2.07. The smallest absolute Gasteiger partial charge is 0.168 e. The maximum atomic E-state index is 12.8. The van der Waals surface area contributed by atoms with Crippen molar-refractivity contribution >= 4 is 16.7 Å². The van der Waals surface area contributed by atoms with E-state index in [-0.39, 0.29) is 5.92 Å². The molecule has 0 spiro atoms. The number of fused-ring (bicyclic) bond motifs is 2. The Morgan fingerprint density at radius 1 is 1.35 bits per heavy atom. The molecule has 2 atom stereocenters. The molecule has 3 heteroatoms. The summed E-state index contributed by atoms with van der Waals surface area (Å²) in [5.41, 5.74) is 1.81. The number of carbonyl (C=O) groups is 1. The highest BCUT2D eigenvalue weighted by Gasteiger charge is 2.56. The van der Waals surface area contributed by atoms with Crippen LogP contribution in [0.5, 0.6) is 5.75 Å². The van der Waals surface area contributed by atoms with Gasteiger partial charge in [-0.15, -0.1) is 0 Å². The fourth-order valence-corrected chi connectivity index (χ4v) is 4.01. The molecule has 2 saturated carbocycles. The van der Waals surface area contributed by atoms with E-state index in [0.29, 0.717) is 24.2 Å². The molecule has 0 bridgehead atoms. The van der Waals surface area contributed by atoms with Crippen molar-refractivity contribution in [2.75, 3.05) is 6.61 Å². The van der Waals surface area contributed by atoms with Crippen LogP contribution in [0, 0.1) is 17.8 Å².